The lowest BCUT2D eigenvalue weighted by Gasteiger charge is -2.34. The number of nitrogens with one attached hydrogen (secondary N) is 1. The fourth-order valence-electron chi connectivity index (χ4n) is 3.35. The second-order valence-corrected chi connectivity index (χ2v) is 9.47. The number of hydrogen-bond donors (Lipinski definition) is 1. The van der Waals surface area contributed by atoms with Gasteiger partial charge in [0.15, 0.2) is 0 Å². The number of amides is 1. The van der Waals surface area contributed by atoms with E-state index in [1.165, 1.54) is 5.56 Å². The molecule has 156 valence electrons. The minimum absolute atomic E-state index is 0.0563. The van der Waals surface area contributed by atoms with E-state index >= 15 is 0 Å². The molecule has 0 unspecified atom stereocenters. The molecule has 3 rings (SSSR count). The fourth-order valence-corrected chi connectivity index (χ4v) is 4.61. The summed E-state index contributed by atoms with van der Waals surface area (Å²) >= 11 is 5.93. The lowest BCUT2D eigenvalue weighted by molar-refractivity contribution is 0.0628. The molecule has 2 aromatic rings. The van der Waals surface area contributed by atoms with Crippen LogP contribution in [0.5, 0.6) is 0 Å². The Morgan fingerprint density at radius 3 is 2.41 bits per heavy atom. The summed E-state index contributed by atoms with van der Waals surface area (Å²) in [6, 6.07) is 14.5. The van der Waals surface area contributed by atoms with Crippen molar-refractivity contribution in [1.29, 1.82) is 0 Å². The molecule has 1 saturated heterocycles. The van der Waals surface area contributed by atoms with Crippen LogP contribution in [0.15, 0.2) is 48.5 Å². The SMILES string of the molecule is CCCS(=O)(=O)Nc1cccc(C(=O)N2CCN(Cc3ccc(Cl)cc3)CC2)c1. The topological polar surface area (TPSA) is 69.7 Å². The van der Waals surface area contributed by atoms with Gasteiger partial charge in [-0.2, -0.15) is 0 Å². The summed E-state index contributed by atoms with van der Waals surface area (Å²) in [6.45, 7) is 5.49. The first-order chi connectivity index (χ1) is 13.9. The molecule has 0 atom stereocenters. The summed E-state index contributed by atoms with van der Waals surface area (Å²) in [5.41, 5.74) is 2.11. The van der Waals surface area contributed by atoms with E-state index < -0.39 is 10.0 Å². The largest absolute Gasteiger partial charge is 0.336 e. The fraction of sp³-hybridized carbons (Fsp3) is 0.381. The molecule has 1 amide bonds. The van der Waals surface area contributed by atoms with Crippen LogP contribution < -0.4 is 4.72 Å². The quantitative estimate of drug-likeness (QED) is 0.723. The minimum atomic E-state index is -3.38. The zero-order valence-corrected chi connectivity index (χ0v) is 18.0. The lowest BCUT2D eigenvalue weighted by Crippen LogP contribution is -2.48. The molecule has 1 aliphatic heterocycles. The molecule has 0 aliphatic carbocycles. The number of carbonyl (C=O) groups excluding carboxylic acids is 1. The van der Waals surface area contributed by atoms with E-state index in [0.717, 1.165) is 24.7 Å². The Morgan fingerprint density at radius 1 is 1.07 bits per heavy atom. The third kappa shape index (κ3) is 6.19. The van der Waals surface area contributed by atoms with Crippen molar-refractivity contribution in [3.05, 3.63) is 64.7 Å². The average Bonchev–Trinajstić information content (AvgIpc) is 2.69. The van der Waals surface area contributed by atoms with Crippen LogP contribution in [0, 0.1) is 0 Å². The zero-order chi connectivity index (χ0) is 20.9. The number of anilines is 1. The Hall–Kier alpha value is -2.09. The highest BCUT2D eigenvalue weighted by atomic mass is 35.5. The molecule has 1 fully saturated rings. The summed E-state index contributed by atoms with van der Waals surface area (Å²) in [5.74, 6) is -0.0199. The van der Waals surface area contributed by atoms with Crippen molar-refractivity contribution in [3.63, 3.8) is 0 Å². The van der Waals surface area contributed by atoms with Gasteiger partial charge in [0, 0.05) is 49.0 Å². The molecule has 0 aromatic heterocycles. The van der Waals surface area contributed by atoms with Gasteiger partial charge in [-0.15, -0.1) is 0 Å². The van der Waals surface area contributed by atoms with Gasteiger partial charge in [-0.05, 0) is 42.3 Å². The summed E-state index contributed by atoms with van der Waals surface area (Å²) in [4.78, 5) is 17.0. The number of piperazine rings is 1. The molecule has 6 nitrogen and oxygen atoms in total. The standard InChI is InChI=1S/C21H26ClN3O3S/c1-2-14-29(27,28)23-20-5-3-4-18(15-20)21(26)25-12-10-24(11-13-25)16-17-6-8-19(22)9-7-17/h3-9,15,23H,2,10-14,16H2,1H3. The highest BCUT2D eigenvalue weighted by Crippen LogP contribution is 2.17. The maximum atomic E-state index is 12.9. The average molecular weight is 436 g/mol. The van der Waals surface area contributed by atoms with Crippen LogP contribution in [-0.2, 0) is 16.6 Å². The third-order valence-corrected chi connectivity index (χ3v) is 6.58. The summed E-state index contributed by atoms with van der Waals surface area (Å²) < 4.78 is 26.5. The molecule has 2 aromatic carbocycles. The van der Waals surface area contributed by atoms with Crippen LogP contribution in [-0.4, -0.2) is 56.1 Å². The van der Waals surface area contributed by atoms with Gasteiger partial charge < -0.3 is 4.90 Å². The van der Waals surface area contributed by atoms with E-state index in [9.17, 15) is 13.2 Å². The van der Waals surface area contributed by atoms with E-state index in [1.54, 1.807) is 24.3 Å². The number of halogens is 1. The Labute approximate surface area is 177 Å². The van der Waals surface area contributed by atoms with Crippen molar-refractivity contribution in [2.45, 2.75) is 19.9 Å². The van der Waals surface area contributed by atoms with Crippen LogP contribution in [0.25, 0.3) is 0 Å². The molecule has 1 aliphatic rings. The van der Waals surface area contributed by atoms with Gasteiger partial charge in [-0.25, -0.2) is 8.42 Å². The number of nitrogens with zero attached hydrogens (tertiary/aromatic N) is 2. The molecule has 8 heteroatoms. The van der Waals surface area contributed by atoms with Crippen LogP contribution in [0.3, 0.4) is 0 Å². The Bertz CT molecular complexity index is 940. The van der Waals surface area contributed by atoms with Crippen LogP contribution in [0.2, 0.25) is 5.02 Å². The second kappa shape index (κ2) is 9.61. The molecule has 1 heterocycles. The van der Waals surface area contributed by atoms with Crippen LogP contribution in [0.1, 0.15) is 29.3 Å². The summed E-state index contributed by atoms with van der Waals surface area (Å²) in [5, 5.41) is 0.725. The van der Waals surface area contributed by atoms with Crippen molar-refractivity contribution in [2.24, 2.45) is 0 Å². The molecule has 0 saturated carbocycles. The van der Waals surface area contributed by atoms with Gasteiger partial charge in [0.1, 0.15) is 0 Å². The normalized spacial score (nSPS) is 15.3. The Morgan fingerprint density at radius 2 is 1.76 bits per heavy atom. The lowest BCUT2D eigenvalue weighted by atomic mass is 10.1. The molecule has 0 bridgehead atoms. The number of sulfonamides is 1. The third-order valence-electron chi connectivity index (χ3n) is 4.83. The molecular weight excluding hydrogens is 410 g/mol. The van der Waals surface area contributed by atoms with E-state index in [2.05, 4.69) is 9.62 Å². The van der Waals surface area contributed by atoms with Gasteiger partial charge in [-0.3, -0.25) is 14.4 Å². The van der Waals surface area contributed by atoms with E-state index in [1.807, 2.05) is 36.1 Å². The van der Waals surface area contributed by atoms with E-state index in [0.29, 0.717) is 30.8 Å². The van der Waals surface area contributed by atoms with Crippen LogP contribution in [0.4, 0.5) is 5.69 Å². The molecule has 29 heavy (non-hydrogen) atoms. The second-order valence-electron chi connectivity index (χ2n) is 7.20. The number of carbonyl (C=O) groups is 1. The highest BCUT2D eigenvalue weighted by Gasteiger charge is 2.22. The molecular formula is C21H26ClN3O3S. The van der Waals surface area contributed by atoms with Gasteiger partial charge in [0.2, 0.25) is 10.0 Å². The number of benzene rings is 2. The van der Waals surface area contributed by atoms with Crippen molar-refractivity contribution in [2.75, 3.05) is 36.7 Å². The van der Waals surface area contributed by atoms with Crippen LogP contribution >= 0.6 is 11.6 Å². The maximum Gasteiger partial charge on any atom is 0.254 e. The van der Waals surface area contributed by atoms with Crippen molar-refractivity contribution >= 4 is 33.2 Å². The van der Waals surface area contributed by atoms with Gasteiger partial charge in [-0.1, -0.05) is 36.7 Å². The summed E-state index contributed by atoms with van der Waals surface area (Å²) in [7, 11) is -3.38. The first-order valence-corrected chi connectivity index (χ1v) is 11.8. The first-order valence-electron chi connectivity index (χ1n) is 9.73. The summed E-state index contributed by atoms with van der Waals surface area (Å²) in [6.07, 6.45) is 0.536. The molecule has 1 N–H and O–H groups in total. The predicted octanol–water partition coefficient (Wildman–Crippen LogP) is 3.45. The number of rotatable bonds is 7. The van der Waals surface area contributed by atoms with Crippen molar-refractivity contribution in [3.8, 4) is 0 Å². The van der Waals surface area contributed by atoms with Gasteiger partial charge in [0.25, 0.3) is 5.91 Å². The van der Waals surface area contributed by atoms with E-state index in [4.69, 9.17) is 11.6 Å². The zero-order valence-electron chi connectivity index (χ0n) is 16.5. The highest BCUT2D eigenvalue weighted by molar-refractivity contribution is 7.92. The van der Waals surface area contributed by atoms with Gasteiger partial charge >= 0.3 is 0 Å². The number of hydrogen-bond acceptors (Lipinski definition) is 4. The van der Waals surface area contributed by atoms with Crippen molar-refractivity contribution < 1.29 is 13.2 Å². The monoisotopic (exact) mass is 435 g/mol. The maximum absolute atomic E-state index is 12.9. The molecule has 0 spiro atoms. The van der Waals surface area contributed by atoms with E-state index in [-0.39, 0.29) is 11.7 Å². The molecule has 0 radical (unpaired) electrons. The van der Waals surface area contributed by atoms with Crippen molar-refractivity contribution in [1.82, 2.24) is 9.80 Å². The first kappa shape index (κ1) is 21.6. The van der Waals surface area contributed by atoms with Gasteiger partial charge in [0.05, 0.1) is 5.75 Å². The Balaban J connectivity index is 1.57. The minimum Gasteiger partial charge on any atom is -0.336 e. The predicted molar refractivity (Wildman–Crippen MR) is 117 cm³/mol. The Kier molecular flexibility index (Phi) is 7.16. The smallest absolute Gasteiger partial charge is 0.254 e.